The number of carbonyl (C=O) groups is 1. The smallest absolute Gasteiger partial charge is 0.226 e. The SMILES string of the molecule is CCSc1nnc(NC(=O)CCc2ccc(C)o2)s1. The van der Waals surface area contributed by atoms with E-state index < -0.39 is 0 Å². The van der Waals surface area contributed by atoms with Gasteiger partial charge in [0.2, 0.25) is 11.0 Å². The van der Waals surface area contributed by atoms with Crippen molar-refractivity contribution < 1.29 is 9.21 Å². The maximum absolute atomic E-state index is 11.7. The molecule has 2 rings (SSSR count). The maximum atomic E-state index is 11.7. The molecule has 5 nitrogen and oxygen atoms in total. The van der Waals surface area contributed by atoms with Gasteiger partial charge >= 0.3 is 0 Å². The fraction of sp³-hybridized carbons (Fsp3) is 0.417. The molecule has 0 aliphatic rings. The van der Waals surface area contributed by atoms with Crippen molar-refractivity contribution in [1.82, 2.24) is 10.2 Å². The highest BCUT2D eigenvalue weighted by Crippen LogP contribution is 2.25. The fourth-order valence-corrected chi connectivity index (χ4v) is 3.15. The minimum atomic E-state index is -0.0711. The van der Waals surface area contributed by atoms with Crippen molar-refractivity contribution >= 4 is 34.1 Å². The molecule has 2 aromatic rings. The highest BCUT2D eigenvalue weighted by Gasteiger charge is 2.09. The standard InChI is InChI=1S/C12H15N3O2S2/c1-3-18-12-15-14-11(19-12)13-10(16)7-6-9-5-4-8(2)17-9/h4-5H,3,6-7H2,1-2H3,(H,13,14,16). The minimum absolute atomic E-state index is 0.0711. The Labute approximate surface area is 119 Å². The van der Waals surface area contributed by atoms with Gasteiger partial charge in [-0.2, -0.15) is 0 Å². The van der Waals surface area contributed by atoms with E-state index in [0.29, 0.717) is 18.0 Å². The summed E-state index contributed by atoms with van der Waals surface area (Å²) in [6.07, 6.45) is 0.970. The maximum Gasteiger partial charge on any atom is 0.226 e. The minimum Gasteiger partial charge on any atom is -0.466 e. The summed E-state index contributed by atoms with van der Waals surface area (Å²) < 4.78 is 6.29. The number of amides is 1. The van der Waals surface area contributed by atoms with E-state index in [9.17, 15) is 4.79 Å². The van der Waals surface area contributed by atoms with Gasteiger partial charge in [-0.05, 0) is 24.8 Å². The van der Waals surface area contributed by atoms with E-state index in [1.54, 1.807) is 11.8 Å². The summed E-state index contributed by atoms with van der Waals surface area (Å²) in [7, 11) is 0. The molecular formula is C12H15N3O2S2. The van der Waals surface area contributed by atoms with E-state index in [2.05, 4.69) is 22.4 Å². The van der Waals surface area contributed by atoms with Gasteiger partial charge < -0.3 is 9.73 Å². The lowest BCUT2D eigenvalue weighted by atomic mass is 10.2. The zero-order valence-electron chi connectivity index (χ0n) is 10.8. The average molecular weight is 297 g/mol. The first-order valence-corrected chi connectivity index (χ1v) is 7.79. The van der Waals surface area contributed by atoms with Gasteiger partial charge in [-0.3, -0.25) is 4.79 Å². The molecule has 7 heteroatoms. The summed E-state index contributed by atoms with van der Waals surface area (Å²) in [6, 6.07) is 3.79. The summed E-state index contributed by atoms with van der Waals surface area (Å²) in [5.41, 5.74) is 0. The highest BCUT2D eigenvalue weighted by molar-refractivity contribution is 8.01. The van der Waals surface area contributed by atoms with Gasteiger partial charge in [0.15, 0.2) is 4.34 Å². The monoisotopic (exact) mass is 297 g/mol. The number of aryl methyl sites for hydroxylation is 2. The second-order valence-electron chi connectivity index (χ2n) is 3.87. The Morgan fingerprint density at radius 2 is 2.32 bits per heavy atom. The molecule has 2 aromatic heterocycles. The van der Waals surface area contributed by atoms with Gasteiger partial charge in [-0.1, -0.05) is 30.0 Å². The zero-order valence-corrected chi connectivity index (χ0v) is 12.4. The lowest BCUT2D eigenvalue weighted by molar-refractivity contribution is -0.116. The van der Waals surface area contributed by atoms with Crippen LogP contribution in [0.5, 0.6) is 0 Å². The van der Waals surface area contributed by atoms with Crippen LogP contribution in [-0.2, 0) is 11.2 Å². The average Bonchev–Trinajstić information content (AvgIpc) is 2.97. The van der Waals surface area contributed by atoms with Gasteiger partial charge in [-0.15, -0.1) is 10.2 Å². The van der Waals surface area contributed by atoms with Crippen LogP contribution in [0, 0.1) is 6.92 Å². The number of thioether (sulfide) groups is 1. The molecule has 0 aliphatic carbocycles. The number of nitrogens with zero attached hydrogens (tertiary/aromatic N) is 2. The molecule has 19 heavy (non-hydrogen) atoms. The molecule has 1 N–H and O–H groups in total. The lowest BCUT2D eigenvalue weighted by Gasteiger charge is -1.99. The van der Waals surface area contributed by atoms with Gasteiger partial charge in [0.05, 0.1) is 0 Å². The number of rotatable bonds is 6. The highest BCUT2D eigenvalue weighted by atomic mass is 32.2. The molecule has 0 radical (unpaired) electrons. The van der Waals surface area contributed by atoms with Crippen molar-refractivity contribution in [2.45, 2.75) is 31.0 Å². The van der Waals surface area contributed by atoms with E-state index in [1.807, 2.05) is 19.1 Å². The Morgan fingerprint density at radius 3 is 3.00 bits per heavy atom. The van der Waals surface area contributed by atoms with Gasteiger partial charge in [0.1, 0.15) is 11.5 Å². The Kier molecular flexibility index (Phi) is 4.98. The van der Waals surface area contributed by atoms with Crippen molar-refractivity contribution in [3.63, 3.8) is 0 Å². The van der Waals surface area contributed by atoms with Crippen LogP contribution in [0.1, 0.15) is 24.9 Å². The molecule has 0 fully saturated rings. The normalized spacial score (nSPS) is 10.6. The molecule has 0 unspecified atom stereocenters. The van der Waals surface area contributed by atoms with Crippen LogP contribution in [0.15, 0.2) is 20.9 Å². The fourth-order valence-electron chi connectivity index (χ4n) is 1.48. The molecule has 0 aliphatic heterocycles. The number of aromatic nitrogens is 2. The van der Waals surface area contributed by atoms with Crippen LogP contribution >= 0.6 is 23.1 Å². The predicted octanol–water partition coefficient (Wildman–Crippen LogP) is 3.12. The summed E-state index contributed by atoms with van der Waals surface area (Å²) in [6.45, 7) is 3.94. The third kappa shape index (κ3) is 4.36. The van der Waals surface area contributed by atoms with E-state index in [0.717, 1.165) is 21.6 Å². The molecule has 0 saturated heterocycles. The number of furan rings is 1. The van der Waals surface area contributed by atoms with Gasteiger partial charge in [-0.25, -0.2) is 0 Å². The number of anilines is 1. The van der Waals surface area contributed by atoms with Crippen LogP contribution in [0.4, 0.5) is 5.13 Å². The summed E-state index contributed by atoms with van der Waals surface area (Å²) in [4.78, 5) is 11.7. The molecule has 102 valence electrons. The van der Waals surface area contributed by atoms with Crippen LogP contribution in [-0.4, -0.2) is 21.9 Å². The number of nitrogens with one attached hydrogen (secondary N) is 1. The molecule has 0 bridgehead atoms. The summed E-state index contributed by atoms with van der Waals surface area (Å²) in [5, 5.41) is 11.2. The Balaban J connectivity index is 1.80. The second kappa shape index (κ2) is 6.72. The van der Waals surface area contributed by atoms with Crippen molar-refractivity contribution in [2.24, 2.45) is 0 Å². The number of carbonyl (C=O) groups excluding carboxylic acids is 1. The zero-order chi connectivity index (χ0) is 13.7. The van der Waals surface area contributed by atoms with Crippen LogP contribution < -0.4 is 5.32 Å². The molecule has 1 amide bonds. The molecular weight excluding hydrogens is 282 g/mol. The van der Waals surface area contributed by atoms with Gasteiger partial charge in [0.25, 0.3) is 0 Å². The molecule has 0 aromatic carbocycles. The quantitative estimate of drug-likeness (QED) is 0.655. The lowest BCUT2D eigenvalue weighted by Crippen LogP contribution is -2.11. The van der Waals surface area contributed by atoms with Gasteiger partial charge in [0, 0.05) is 12.8 Å². The largest absolute Gasteiger partial charge is 0.466 e. The topological polar surface area (TPSA) is 68.0 Å². The first-order valence-electron chi connectivity index (χ1n) is 5.99. The van der Waals surface area contributed by atoms with E-state index >= 15 is 0 Å². The molecule has 0 spiro atoms. The Morgan fingerprint density at radius 1 is 1.47 bits per heavy atom. The van der Waals surface area contributed by atoms with Crippen LogP contribution in [0.25, 0.3) is 0 Å². The van der Waals surface area contributed by atoms with Crippen molar-refractivity contribution in [1.29, 1.82) is 0 Å². The van der Waals surface area contributed by atoms with Crippen molar-refractivity contribution in [3.05, 3.63) is 23.7 Å². The Bertz CT molecular complexity index is 551. The predicted molar refractivity (Wildman–Crippen MR) is 76.7 cm³/mol. The molecule has 0 atom stereocenters. The van der Waals surface area contributed by atoms with E-state index in [1.165, 1.54) is 11.3 Å². The van der Waals surface area contributed by atoms with Crippen molar-refractivity contribution in [3.8, 4) is 0 Å². The first-order chi connectivity index (χ1) is 9.17. The van der Waals surface area contributed by atoms with Crippen LogP contribution in [0.2, 0.25) is 0 Å². The molecule has 0 saturated carbocycles. The second-order valence-corrected chi connectivity index (χ2v) is 6.36. The van der Waals surface area contributed by atoms with E-state index in [-0.39, 0.29) is 5.91 Å². The number of hydrogen-bond acceptors (Lipinski definition) is 6. The first kappa shape index (κ1) is 14.1. The summed E-state index contributed by atoms with van der Waals surface area (Å²) >= 11 is 3.01. The summed E-state index contributed by atoms with van der Waals surface area (Å²) in [5.74, 6) is 2.56. The molecule has 2 heterocycles. The van der Waals surface area contributed by atoms with Crippen molar-refractivity contribution in [2.75, 3.05) is 11.1 Å². The number of hydrogen-bond donors (Lipinski definition) is 1. The third-order valence-corrected chi connectivity index (χ3v) is 4.17. The van der Waals surface area contributed by atoms with E-state index in [4.69, 9.17) is 4.42 Å². The van der Waals surface area contributed by atoms with Crippen LogP contribution in [0.3, 0.4) is 0 Å². The third-order valence-electron chi connectivity index (χ3n) is 2.32. The Hall–Kier alpha value is -1.34.